The van der Waals surface area contributed by atoms with E-state index in [1.807, 2.05) is 24.3 Å². The molecule has 2 N–H and O–H groups in total. The number of fused-ring (bicyclic) bond motifs is 1. The fourth-order valence-corrected chi connectivity index (χ4v) is 2.23. The summed E-state index contributed by atoms with van der Waals surface area (Å²) in [5.74, 6) is -0.247. The molecule has 1 aromatic heterocycles. The van der Waals surface area contributed by atoms with Gasteiger partial charge in [0.1, 0.15) is 10.8 Å². The van der Waals surface area contributed by atoms with Gasteiger partial charge in [0.05, 0.1) is 6.10 Å². The van der Waals surface area contributed by atoms with E-state index in [4.69, 9.17) is 16.7 Å². The van der Waals surface area contributed by atoms with E-state index in [2.05, 4.69) is 10.3 Å². The molecule has 0 spiro atoms. The lowest BCUT2D eigenvalue weighted by Gasteiger charge is -2.07. The van der Waals surface area contributed by atoms with E-state index >= 15 is 0 Å². The second kappa shape index (κ2) is 6.68. The van der Waals surface area contributed by atoms with Crippen LogP contribution in [-0.2, 0) is 0 Å². The molecule has 2 aromatic rings. The van der Waals surface area contributed by atoms with Gasteiger partial charge in [-0.3, -0.25) is 4.79 Å². The zero-order valence-electron chi connectivity index (χ0n) is 11.3. The van der Waals surface area contributed by atoms with Crippen LogP contribution in [0.25, 0.3) is 10.8 Å². The van der Waals surface area contributed by atoms with Gasteiger partial charge in [-0.1, -0.05) is 35.9 Å². The summed E-state index contributed by atoms with van der Waals surface area (Å²) in [7, 11) is 0. The minimum Gasteiger partial charge on any atom is -0.393 e. The number of rotatable bonds is 5. The van der Waals surface area contributed by atoms with Crippen LogP contribution in [-0.4, -0.2) is 28.6 Å². The molecule has 0 radical (unpaired) electrons. The second-order valence-electron chi connectivity index (χ2n) is 4.77. The third-order valence-corrected chi connectivity index (χ3v) is 3.30. The summed E-state index contributed by atoms with van der Waals surface area (Å²) < 4.78 is 0. The summed E-state index contributed by atoms with van der Waals surface area (Å²) in [6.07, 6.45) is 1.04. The fourth-order valence-electron chi connectivity index (χ4n) is 1.96. The number of pyridine rings is 1. The topological polar surface area (TPSA) is 62.2 Å². The van der Waals surface area contributed by atoms with E-state index in [9.17, 15) is 4.79 Å². The number of hydrogen-bond donors (Lipinski definition) is 2. The van der Waals surface area contributed by atoms with Crippen molar-refractivity contribution >= 4 is 28.3 Å². The Bertz CT molecular complexity index is 614. The molecule has 0 aliphatic carbocycles. The summed E-state index contributed by atoms with van der Waals surface area (Å²) in [5, 5.41) is 14.0. The average molecular weight is 293 g/mol. The highest BCUT2D eigenvalue weighted by atomic mass is 35.5. The Hall–Kier alpha value is -1.65. The maximum absolute atomic E-state index is 12.0. The molecule has 1 atom stereocenters. The van der Waals surface area contributed by atoms with Crippen molar-refractivity contribution in [2.24, 2.45) is 0 Å². The van der Waals surface area contributed by atoms with Crippen molar-refractivity contribution in [1.82, 2.24) is 10.3 Å². The van der Waals surface area contributed by atoms with E-state index in [1.165, 1.54) is 0 Å². The summed E-state index contributed by atoms with van der Waals surface area (Å²) in [4.78, 5) is 16.1. The van der Waals surface area contributed by atoms with Crippen LogP contribution in [0.3, 0.4) is 0 Å². The van der Waals surface area contributed by atoms with E-state index in [0.717, 1.165) is 17.2 Å². The van der Waals surface area contributed by atoms with Crippen LogP contribution in [0.2, 0.25) is 5.15 Å². The quantitative estimate of drug-likeness (QED) is 0.658. The molecule has 0 saturated heterocycles. The molecule has 0 aliphatic heterocycles. The lowest BCUT2D eigenvalue weighted by Crippen LogP contribution is -2.26. The van der Waals surface area contributed by atoms with Crippen molar-refractivity contribution < 1.29 is 9.90 Å². The molecular weight excluding hydrogens is 276 g/mol. The molecule has 0 bridgehead atoms. The van der Waals surface area contributed by atoms with Gasteiger partial charge < -0.3 is 10.4 Å². The number of aliphatic hydroxyl groups is 1. The highest BCUT2D eigenvalue weighted by Gasteiger charge is 2.10. The van der Waals surface area contributed by atoms with Crippen molar-refractivity contribution in [3.63, 3.8) is 0 Å². The summed E-state index contributed by atoms with van der Waals surface area (Å²) in [5.41, 5.74) is 0.311. The Kier molecular flexibility index (Phi) is 4.93. The molecular formula is C15H17ClN2O2. The monoisotopic (exact) mass is 292 g/mol. The first kappa shape index (κ1) is 14.8. The van der Waals surface area contributed by atoms with Gasteiger partial charge in [-0.25, -0.2) is 4.98 Å². The highest BCUT2D eigenvalue weighted by Crippen LogP contribution is 2.22. The van der Waals surface area contributed by atoms with Gasteiger partial charge in [0.2, 0.25) is 0 Å². The first-order valence-electron chi connectivity index (χ1n) is 6.59. The zero-order valence-corrected chi connectivity index (χ0v) is 12.0. The number of carbonyl (C=O) groups excluding carboxylic acids is 1. The Morgan fingerprint density at radius 2 is 2.20 bits per heavy atom. The Balaban J connectivity index is 2.07. The lowest BCUT2D eigenvalue weighted by atomic mass is 10.1. The van der Waals surface area contributed by atoms with E-state index < -0.39 is 0 Å². The maximum atomic E-state index is 12.0. The molecule has 0 aliphatic rings. The lowest BCUT2D eigenvalue weighted by molar-refractivity contribution is 0.0945. The van der Waals surface area contributed by atoms with E-state index in [-0.39, 0.29) is 12.0 Å². The predicted molar refractivity (Wildman–Crippen MR) is 80.0 cm³/mol. The van der Waals surface area contributed by atoms with Crippen molar-refractivity contribution in [2.75, 3.05) is 6.54 Å². The summed E-state index contributed by atoms with van der Waals surface area (Å²) in [6.45, 7) is 2.24. The number of aliphatic hydroxyl groups excluding tert-OH is 1. The maximum Gasteiger partial charge on any atom is 0.269 e. The third kappa shape index (κ3) is 3.68. The van der Waals surface area contributed by atoms with Gasteiger partial charge in [0, 0.05) is 11.9 Å². The van der Waals surface area contributed by atoms with Crippen LogP contribution >= 0.6 is 11.6 Å². The Labute approximate surface area is 122 Å². The Morgan fingerprint density at radius 3 is 2.95 bits per heavy atom. The standard InChI is InChI=1S/C15H17ClN2O2/c1-10(19)5-4-8-17-15(20)13-9-11-6-2-3-7-12(11)14(16)18-13/h2-3,6-7,9-10,19H,4-5,8H2,1H3,(H,17,20). The smallest absolute Gasteiger partial charge is 0.269 e. The second-order valence-corrected chi connectivity index (χ2v) is 5.12. The minimum atomic E-state index is -0.347. The van der Waals surface area contributed by atoms with Gasteiger partial charge >= 0.3 is 0 Å². The van der Waals surface area contributed by atoms with E-state index in [1.54, 1.807) is 13.0 Å². The van der Waals surface area contributed by atoms with Crippen LogP contribution in [0.15, 0.2) is 30.3 Å². The van der Waals surface area contributed by atoms with Crippen molar-refractivity contribution in [1.29, 1.82) is 0 Å². The van der Waals surface area contributed by atoms with Gasteiger partial charge in [0.15, 0.2) is 0 Å². The number of nitrogens with zero attached hydrogens (tertiary/aromatic N) is 1. The number of aromatic nitrogens is 1. The van der Waals surface area contributed by atoms with E-state index in [0.29, 0.717) is 23.8 Å². The molecule has 1 heterocycles. The van der Waals surface area contributed by atoms with Crippen LogP contribution in [0.1, 0.15) is 30.3 Å². The Morgan fingerprint density at radius 1 is 1.45 bits per heavy atom. The molecule has 4 nitrogen and oxygen atoms in total. The van der Waals surface area contributed by atoms with Crippen LogP contribution in [0.5, 0.6) is 0 Å². The van der Waals surface area contributed by atoms with Crippen LogP contribution in [0.4, 0.5) is 0 Å². The van der Waals surface area contributed by atoms with Gasteiger partial charge in [-0.05, 0) is 31.2 Å². The van der Waals surface area contributed by atoms with Crippen LogP contribution < -0.4 is 5.32 Å². The number of hydrogen-bond acceptors (Lipinski definition) is 3. The molecule has 0 saturated carbocycles. The third-order valence-electron chi connectivity index (χ3n) is 3.01. The SMILES string of the molecule is CC(O)CCCNC(=O)c1cc2ccccc2c(Cl)n1. The van der Waals surface area contributed by atoms with Crippen LogP contribution in [0, 0.1) is 0 Å². The number of amides is 1. The first-order valence-corrected chi connectivity index (χ1v) is 6.97. The average Bonchev–Trinajstić information content (AvgIpc) is 2.43. The van der Waals surface area contributed by atoms with Crippen molar-refractivity contribution in [3.05, 3.63) is 41.2 Å². The van der Waals surface area contributed by atoms with Crippen molar-refractivity contribution in [2.45, 2.75) is 25.9 Å². The summed E-state index contributed by atoms with van der Waals surface area (Å²) in [6, 6.07) is 9.27. The molecule has 5 heteroatoms. The summed E-state index contributed by atoms with van der Waals surface area (Å²) >= 11 is 6.08. The molecule has 106 valence electrons. The minimum absolute atomic E-state index is 0.247. The van der Waals surface area contributed by atoms with Gasteiger partial charge in [-0.15, -0.1) is 0 Å². The normalized spacial score (nSPS) is 12.3. The molecule has 20 heavy (non-hydrogen) atoms. The van der Waals surface area contributed by atoms with Gasteiger partial charge in [0.25, 0.3) is 5.91 Å². The highest BCUT2D eigenvalue weighted by molar-refractivity contribution is 6.34. The first-order chi connectivity index (χ1) is 9.58. The molecule has 0 fully saturated rings. The fraction of sp³-hybridized carbons (Fsp3) is 0.333. The molecule has 2 rings (SSSR count). The van der Waals surface area contributed by atoms with Gasteiger partial charge in [-0.2, -0.15) is 0 Å². The number of benzene rings is 1. The number of carbonyl (C=O) groups is 1. The molecule has 1 amide bonds. The number of nitrogens with one attached hydrogen (secondary N) is 1. The molecule has 1 aromatic carbocycles. The predicted octanol–water partition coefficient (Wildman–Crippen LogP) is 2.78. The molecule has 1 unspecified atom stereocenters. The number of halogens is 1. The zero-order chi connectivity index (χ0) is 14.5. The largest absolute Gasteiger partial charge is 0.393 e. The van der Waals surface area contributed by atoms with Crippen molar-refractivity contribution in [3.8, 4) is 0 Å².